The van der Waals surface area contributed by atoms with Crippen molar-refractivity contribution in [2.45, 2.75) is 69.0 Å². The lowest BCUT2D eigenvalue weighted by Gasteiger charge is -2.35. The van der Waals surface area contributed by atoms with Gasteiger partial charge in [-0.2, -0.15) is 0 Å². The summed E-state index contributed by atoms with van der Waals surface area (Å²) in [5.74, 6) is -0.676. The van der Waals surface area contributed by atoms with Gasteiger partial charge in [-0.25, -0.2) is 8.42 Å². The van der Waals surface area contributed by atoms with Crippen LogP contribution in [0.3, 0.4) is 0 Å². The molecule has 0 bridgehead atoms. The third kappa shape index (κ3) is 8.19. The summed E-state index contributed by atoms with van der Waals surface area (Å²) >= 11 is 0. The standard InChI is InChI=1S/C37H41N3O4S/c1-29-16-14-15-25-34(29)40(45(43,44)33-23-12-5-13-24-33)28-36(41)39(27-31-19-8-3-9-20-31)35(26-30-17-6-2-7-18-30)37(42)38-32-21-10-4-11-22-32/h2-3,5-9,12-20,23-25,32,35H,4,10-11,21-22,26-28H2,1H3,(H,38,42)/t35-/m1/s1. The highest BCUT2D eigenvalue weighted by Crippen LogP contribution is 2.28. The van der Waals surface area contributed by atoms with E-state index in [4.69, 9.17) is 0 Å². The first-order valence-electron chi connectivity index (χ1n) is 15.6. The normalized spacial score (nSPS) is 14.3. The van der Waals surface area contributed by atoms with Crippen LogP contribution in [-0.4, -0.2) is 43.8 Å². The van der Waals surface area contributed by atoms with Gasteiger partial charge in [0.2, 0.25) is 11.8 Å². The SMILES string of the molecule is Cc1ccccc1N(CC(=O)N(Cc1ccccc1)[C@H](Cc1ccccc1)C(=O)NC1CCCCC1)S(=O)(=O)c1ccccc1. The van der Waals surface area contributed by atoms with E-state index < -0.39 is 28.5 Å². The molecule has 0 heterocycles. The molecular weight excluding hydrogens is 582 g/mol. The molecule has 4 aromatic rings. The van der Waals surface area contributed by atoms with Crippen molar-refractivity contribution in [3.63, 3.8) is 0 Å². The van der Waals surface area contributed by atoms with Crippen LogP contribution in [-0.2, 0) is 32.6 Å². The minimum Gasteiger partial charge on any atom is -0.352 e. The van der Waals surface area contributed by atoms with E-state index in [2.05, 4.69) is 5.32 Å². The van der Waals surface area contributed by atoms with Gasteiger partial charge in [-0.15, -0.1) is 0 Å². The van der Waals surface area contributed by atoms with Crippen LogP contribution in [0.25, 0.3) is 0 Å². The molecule has 1 atom stereocenters. The Kier molecular flexibility index (Phi) is 10.7. The quantitative estimate of drug-likeness (QED) is 0.201. The average molecular weight is 624 g/mol. The Hall–Kier alpha value is -4.43. The minimum absolute atomic E-state index is 0.0557. The van der Waals surface area contributed by atoms with Gasteiger partial charge in [0.15, 0.2) is 0 Å². The van der Waals surface area contributed by atoms with Crippen molar-refractivity contribution in [3.05, 3.63) is 132 Å². The number of benzene rings is 4. The predicted octanol–water partition coefficient (Wildman–Crippen LogP) is 6.28. The first kappa shape index (κ1) is 32.0. The molecular formula is C37H41N3O4S. The van der Waals surface area contributed by atoms with Gasteiger partial charge < -0.3 is 10.2 Å². The number of hydrogen-bond acceptors (Lipinski definition) is 4. The second-order valence-corrected chi connectivity index (χ2v) is 13.5. The number of para-hydroxylation sites is 1. The van der Waals surface area contributed by atoms with Crippen molar-refractivity contribution >= 4 is 27.5 Å². The van der Waals surface area contributed by atoms with Gasteiger partial charge in [0.25, 0.3) is 10.0 Å². The fourth-order valence-corrected chi connectivity index (χ4v) is 7.45. The Morgan fingerprint density at radius 1 is 0.756 bits per heavy atom. The lowest BCUT2D eigenvalue weighted by atomic mass is 9.94. The lowest BCUT2D eigenvalue weighted by molar-refractivity contribution is -0.140. The Morgan fingerprint density at radius 2 is 1.31 bits per heavy atom. The summed E-state index contributed by atoms with van der Waals surface area (Å²) in [6.45, 7) is 1.52. The van der Waals surface area contributed by atoms with E-state index in [1.54, 1.807) is 35.2 Å². The molecule has 8 heteroatoms. The van der Waals surface area contributed by atoms with E-state index >= 15 is 0 Å². The van der Waals surface area contributed by atoms with Crippen molar-refractivity contribution in [3.8, 4) is 0 Å². The molecule has 2 amide bonds. The minimum atomic E-state index is -4.12. The lowest BCUT2D eigenvalue weighted by Crippen LogP contribution is -2.55. The summed E-state index contributed by atoms with van der Waals surface area (Å²) in [6, 6.07) is 33.7. The smallest absolute Gasteiger partial charge is 0.264 e. The van der Waals surface area contributed by atoms with Gasteiger partial charge in [-0.05, 0) is 54.7 Å². The highest BCUT2D eigenvalue weighted by atomic mass is 32.2. The van der Waals surface area contributed by atoms with E-state index in [1.165, 1.54) is 16.4 Å². The molecule has 0 aliphatic heterocycles. The molecule has 1 aliphatic carbocycles. The zero-order valence-electron chi connectivity index (χ0n) is 25.7. The largest absolute Gasteiger partial charge is 0.352 e. The molecule has 0 unspecified atom stereocenters. The van der Waals surface area contributed by atoms with Crippen LogP contribution in [0.1, 0.15) is 48.8 Å². The van der Waals surface area contributed by atoms with Gasteiger partial charge in [0.1, 0.15) is 12.6 Å². The predicted molar refractivity (Wildman–Crippen MR) is 178 cm³/mol. The number of aryl methyl sites for hydroxylation is 1. The van der Waals surface area contributed by atoms with Crippen LogP contribution in [0.15, 0.2) is 120 Å². The fraction of sp³-hybridized carbons (Fsp3) is 0.297. The maximum Gasteiger partial charge on any atom is 0.264 e. The van der Waals surface area contributed by atoms with E-state index in [1.807, 2.05) is 79.7 Å². The number of sulfonamides is 1. The summed E-state index contributed by atoms with van der Waals surface area (Å²) in [4.78, 5) is 30.4. The van der Waals surface area contributed by atoms with Crippen LogP contribution < -0.4 is 9.62 Å². The van der Waals surface area contributed by atoms with Crippen LogP contribution >= 0.6 is 0 Å². The second kappa shape index (κ2) is 15.0. The number of carbonyl (C=O) groups is 2. The van der Waals surface area contributed by atoms with Crippen molar-refractivity contribution < 1.29 is 18.0 Å². The Labute approximate surface area is 266 Å². The van der Waals surface area contributed by atoms with E-state index in [0.717, 1.165) is 48.8 Å². The highest BCUT2D eigenvalue weighted by Gasteiger charge is 2.35. The number of rotatable bonds is 12. The summed E-state index contributed by atoms with van der Waals surface area (Å²) in [5.41, 5.74) is 2.90. The van der Waals surface area contributed by atoms with Crippen LogP contribution in [0, 0.1) is 6.92 Å². The maximum atomic E-state index is 14.6. The number of amides is 2. The van der Waals surface area contributed by atoms with Gasteiger partial charge in [-0.3, -0.25) is 13.9 Å². The molecule has 1 aliphatic rings. The van der Waals surface area contributed by atoms with E-state index in [-0.39, 0.29) is 23.4 Å². The molecule has 0 spiro atoms. The Morgan fingerprint density at radius 3 is 1.93 bits per heavy atom. The van der Waals surface area contributed by atoms with Crippen molar-refractivity contribution in [2.24, 2.45) is 0 Å². The number of anilines is 1. The van der Waals surface area contributed by atoms with E-state index in [9.17, 15) is 18.0 Å². The third-order valence-electron chi connectivity index (χ3n) is 8.41. The number of hydrogen-bond donors (Lipinski definition) is 1. The number of nitrogens with one attached hydrogen (secondary N) is 1. The summed E-state index contributed by atoms with van der Waals surface area (Å²) in [6.07, 6.45) is 5.39. The number of carbonyl (C=O) groups excluding carboxylic acids is 2. The molecule has 234 valence electrons. The Balaban J connectivity index is 1.55. The molecule has 1 saturated carbocycles. The van der Waals surface area contributed by atoms with Crippen molar-refractivity contribution in [1.82, 2.24) is 10.2 Å². The first-order chi connectivity index (χ1) is 21.8. The van der Waals surface area contributed by atoms with Crippen LogP contribution in [0.4, 0.5) is 5.69 Å². The summed E-state index contributed by atoms with van der Waals surface area (Å²) in [5, 5.41) is 3.25. The molecule has 7 nitrogen and oxygen atoms in total. The van der Waals surface area contributed by atoms with Gasteiger partial charge in [-0.1, -0.05) is 116 Å². The first-order valence-corrected chi connectivity index (χ1v) is 17.1. The number of nitrogens with zero attached hydrogens (tertiary/aromatic N) is 2. The molecule has 0 radical (unpaired) electrons. The zero-order chi connectivity index (χ0) is 31.6. The molecule has 0 aromatic heterocycles. The highest BCUT2D eigenvalue weighted by molar-refractivity contribution is 7.92. The van der Waals surface area contributed by atoms with Gasteiger partial charge >= 0.3 is 0 Å². The molecule has 1 N–H and O–H groups in total. The molecule has 5 rings (SSSR count). The summed E-state index contributed by atoms with van der Waals surface area (Å²) < 4.78 is 29.4. The fourth-order valence-electron chi connectivity index (χ4n) is 5.95. The monoisotopic (exact) mass is 623 g/mol. The topological polar surface area (TPSA) is 86.8 Å². The maximum absolute atomic E-state index is 14.6. The van der Waals surface area contributed by atoms with Gasteiger partial charge in [0, 0.05) is 19.0 Å². The molecule has 4 aromatic carbocycles. The summed E-state index contributed by atoms with van der Waals surface area (Å²) in [7, 11) is -4.12. The van der Waals surface area contributed by atoms with Crippen molar-refractivity contribution in [2.75, 3.05) is 10.8 Å². The second-order valence-electron chi connectivity index (χ2n) is 11.7. The van der Waals surface area contributed by atoms with E-state index in [0.29, 0.717) is 12.1 Å². The van der Waals surface area contributed by atoms with Gasteiger partial charge in [0.05, 0.1) is 10.6 Å². The van der Waals surface area contributed by atoms with Crippen LogP contribution in [0.2, 0.25) is 0 Å². The third-order valence-corrected chi connectivity index (χ3v) is 10.2. The molecule has 1 fully saturated rings. The van der Waals surface area contributed by atoms with Crippen molar-refractivity contribution in [1.29, 1.82) is 0 Å². The zero-order valence-corrected chi connectivity index (χ0v) is 26.5. The average Bonchev–Trinajstić information content (AvgIpc) is 3.07. The van der Waals surface area contributed by atoms with Crippen LogP contribution in [0.5, 0.6) is 0 Å². The Bertz CT molecular complexity index is 1660. The molecule has 0 saturated heterocycles. The molecule has 45 heavy (non-hydrogen) atoms.